The molecule has 3 aromatic rings. The molecular weight excluding hydrogens is 381 g/mol. The molecule has 1 saturated carbocycles. The van der Waals surface area contributed by atoms with E-state index in [1.807, 2.05) is 25.1 Å². The molecule has 0 amide bonds. The molecule has 0 unspecified atom stereocenters. The zero-order valence-corrected chi connectivity index (χ0v) is 17.1. The first kappa shape index (κ1) is 20.5. The van der Waals surface area contributed by atoms with Crippen LogP contribution in [0.3, 0.4) is 0 Å². The molecule has 1 fully saturated rings. The second-order valence-electron chi connectivity index (χ2n) is 8.15. The SMILES string of the molecule is Cc1ccc(C=Cc2ccc(-c3ccc(C4CCCCC4)c(F)c3F)cc2)c(F)c1. The lowest BCUT2D eigenvalue weighted by molar-refractivity contribution is 0.418. The van der Waals surface area contributed by atoms with E-state index >= 15 is 0 Å². The molecule has 0 spiro atoms. The average molecular weight is 406 g/mol. The van der Waals surface area contributed by atoms with Gasteiger partial charge in [0.25, 0.3) is 0 Å². The summed E-state index contributed by atoms with van der Waals surface area (Å²) in [6, 6.07) is 15.7. The Balaban J connectivity index is 1.55. The minimum atomic E-state index is -0.775. The van der Waals surface area contributed by atoms with Crippen molar-refractivity contribution in [3.8, 4) is 11.1 Å². The molecule has 0 aromatic heterocycles. The molecule has 1 aliphatic rings. The van der Waals surface area contributed by atoms with Crippen LogP contribution >= 0.6 is 0 Å². The van der Waals surface area contributed by atoms with Crippen molar-refractivity contribution in [1.29, 1.82) is 0 Å². The van der Waals surface area contributed by atoms with Gasteiger partial charge >= 0.3 is 0 Å². The lowest BCUT2D eigenvalue weighted by Gasteiger charge is -2.23. The number of benzene rings is 3. The number of rotatable bonds is 4. The highest BCUT2D eigenvalue weighted by Crippen LogP contribution is 2.37. The summed E-state index contributed by atoms with van der Waals surface area (Å²) in [5, 5.41) is 0. The standard InChI is InChI=1S/C27H25F3/c1-18-7-11-22(25(28)17-18)14-10-19-8-12-21(13-9-19)24-16-15-23(26(29)27(24)30)20-5-3-2-4-6-20/h7-17,20H,2-6H2,1H3. The van der Waals surface area contributed by atoms with E-state index in [2.05, 4.69) is 0 Å². The molecule has 0 bridgehead atoms. The zero-order valence-electron chi connectivity index (χ0n) is 17.1. The average Bonchev–Trinajstić information content (AvgIpc) is 2.76. The molecule has 4 rings (SSSR count). The van der Waals surface area contributed by atoms with E-state index in [-0.39, 0.29) is 17.3 Å². The van der Waals surface area contributed by atoms with E-state index in [4.69, 9.17) is 0 Å². The van der Waals surface area contributed by atoms with Gasteiger partial charge in [-0.25, -0.2) is 13.2 Å². The highest BCUT2D eigenvalue weighted by atomic mass is 19.2. The van der Waals surface area contributed by atoms with Crippen LogP contribution in [0.25, 0.3) is 23.3 Å². The summed E-state index contributed by atoms with van der Waals surface area (Å²) >= 11 is 0. The first-order valence-corrected chi connectivity index (χ1v) is 10.6. The van der Waals surface area contributed by atoms with Gasteiger partial charge < -0.3 is 0 Å². The van der Waals surface area contributed by atoms with Crippen LogP contribution in [0.2, 0.25) is 0 Å². The molecule has 154 valence electrons. The molecule has 0 radical (unpaired) electrons. The zero-order chi connectivity index (χ0) is 21.1. The molecule has 3 aromatic carbocycles. The van der Waals surface area contributed by atoms with E-state index < -0.39 is 11.6 Å². The summed E-state index contributed by atoms with van der Waals surface area (Å²) in [4.78, 5) is 0. The van der Waals surface area contributed by atoms with Crippen molar-refractivity contribution in [3.63, 3.8) is 0 Å². The lowest BCUT2D eigenvalue weighted by atomic mass is 9.83. The van der Waals surface area contributed by atoms with Crippen LogP contribution < -0.4 is 0 Å². The Bertz CT molecular complexity index is 1060. The molecule has 0 nitrogen and oxygen atoms in total. The van der Waals surface area contributed by atoms with Gasteiger partial charge in [0.05, 0.1) is 0 Å². The lowest BCUT2D eigenvalue weighted by Crippen LogP contribution is -2.08. The van der Waals surface area contributed by atoms with Gasteiger partial charge in [-0.1, -0.05) is 79.9 Å². The van der Waals surface area contributed by atoms with Crippen molar-refractivity contribution in [2.24, 2.45) is 0 Å². The van der Waals surface area contributed by atoms with Crippen LogP contribution in [-0.2, 0) is 0 Å². The molecule has 0 atom stereocenters. The predicted octanol–water partition coefficient (Wildman–Crippen LogP) is 8.30. The van der Waals surface area contributed by atoms with Crippen molar-refractivity contribution in [1.82, 2.24) is 0 Å². The third kappa shape index (κ3) is 4.35. The Kier molecular flexibility index (Phi) is 6.08. The summed E-state index contributed by atoms with van der Waals surface area (Å²) in [5.41, 5.74) is 3.65. The van der Waals surface area contributed by atoms with Crippen LogP contribution in [0.15, 0.2) is 54.6 Å². The van der Waals surface area contributed by atoms with Gasteiger partial charge in [0.2, 0.25) is 0 Å². The van der Waals surface area contributed by atoms with Gasteiger partial charge in [-0.05, 0) is 54.0 Å². The summed E-state index contributed by atoms with van der Waals surface area (Å²) in [5.74, 6) is -1.63. The Labute approximate surface area is 176 Å². The van der Waals surface area contributed by atoms with Crippen molar-refractivity contribution in [2.45, 2.75) is 44.9 Å². The Hall–Kier alpha value is -2.81. The van der Waals surface area contributed by atoms with Gasteiger partial charge in [-0.3, -0.25) is 0 Å². The monoisotopic (exact) mass is 406 g/mol. The van der Waals surface area contributed by atoms with Crippen LogP contribution in [-0.4, -0.2) is 0 Å². The normalized spacial score (nSPS) is 15.1. The Morgan fingerprint density at radius 1 is 0.767 bits per heavy atom. The molecule has 0 aliphatic heterocycles. The van der Waals surface area contributed by atoms with Gasteiger partial charge in [-0.15, -0.1) is 0 Å². The first-order chi connectivity index (χ1) is 14.5. The van der Waals surface area contributed by atoms with E-state index in [0.717, 1.165) is 36.8 Å². The molecular formula is C27H25F3. The summed E-state index contributed by atoms with van der Waals surface area (Å²) < 4.78 is 43.5. The number of hydrogen-bond acceptors (Lipinski definition) is 0. The fourth-order valence-corrected chi connectivity index (χ4v) is 4.24. The topological polar surface area (TPSA) is 0 Å². The minimum absolute atomic E-state index is 0.122. The quantitative estimate of drug-likeness (QED) is 0.382. The summed E-state index contributed by atoms with van der Waals surface area (Å²) in [7, 11) is 0. The maximum atomic E-state index is 14.8. The molecule has 1 aliphatic carbocycles. The number of halogens is 3. The van der Waals surface area contributed by atoms with Gasteiger partial charge in [0.15, 0.2) is 11.6 Å². The van der Waals surface area contributed by atoms with Crippen molar-refractivity contribution in [3.05, 3.63) is 94.3 Å². The Morgan fingerprint density at radius 2 is 1.50 bits per heavy atom. The highest BCUT2D eigenvalue weighted by molar-refractivity contribution is 5.72. The second kappa shape index (κ2) is 8.91. The Morgan fingerprint density at radius 3 is 2.20 bits per heavy atom. The maximum Gasteiger partial charge on any atom is 0.166 e. The van der Waals surface area contributed by atoms with E-state index in [1.165, 1.54) is 12.5 Å². The third-order valence-corrected chi connectivity index (χ3v) is 5.99. The summed E-state index contributed by atoms with van der Waals surface area (Å²) in [6.07, 6.45) is 8.71. The molecule has 3 heteroatoms. The number of aryl methyl sites for hydroxylation is 1. The van der Waals surface area contributed by atoms with Crippen LogP contribution in [0, 0.1) is 24.4 Å². The molecule has 0 saturated heterocycles. The molecule has 0 heterocycles. The van der Waals surface area contributed by atoms with E-state index in [1.54, 1.807) is 42.5 Å². The van der Waals surface area contributed by atoms with Gasteiger partial charge in [-0.2, -0.15) is 0 Å². The minimum Gasteiger partial charge on any atom is -0.206 e. The van der Waals surface area contributed by atoms with Crippen LogP contribution in [0.5, 0.6) is 0 Å². The highest BCUT2D eigenvalue weighted by Gasteiger charge is 2.22. The van der Waals surface area contributed by atoms with Crippen molar-refractivity contribution in [2.75, 3.05) is 0 Å². The second-order valence-corrected chi connectivity index (χ2v) is 8.15. The smallest absolute Gasteiger partial charge is 0.166 e. The number of hydrogen-bond donors (Lipinski definition) is 0. The van der Waals surface area contributed by atoms with Crippen molar-refractivity contribution < 1.29 is 13.2 Å². The predicted molar refractivity (Wildman–Crippen MR) is 118 cm³/mol. The fourth-order valence-electron chi connectivity index (χ4n) is 4.24. The summed E-state index contributed by atoms with van der Waals surface area (Å²) in [6.45, 7) is 1.85. The van der Waals surface area contributed by atoms with E-state index in [0.29, 0.717) is 16.7 Å². The van der Waals surface area contributed by atoms with Gasteiger partial charge in [0.1, 0.15) is 5.82 Å². The molecule has 0 N–H and O–H groups in total. The van der Waals surface area contributed by atoms with Crippen LogP contribution in [0.4, 0.5) is 13.2 Å². The molecule has 30 heavy (non-hydrogen) atoms. The third-order valence-electron chi connectivity index (χ3n) is 5.99. The van der Waals surface area contributed by atoms with Crippen LogP contribution in [0.1, 0.15) is 60.3 Å². The van der Waals surface area contributed by atoms with Crippen molar-refractivity contribution >= 4 is 12.2 Å². The largest absolute Gasteiger partial charge is 0.206 e. The first-order valence-electron chi connectivity index (χ1n) is 10.6. The maximum absolute atomic E-state index is 14.8. The van der Waals surface area contributed by atoms with Gasteiger partial charge in [0, 0.05) is 11.1 Å². The van der Waals surface area contributed by atoms with E-state index in [9.17, 15) is 13.2 Å². The fraction of sp³-hybridized carbons (Fsp3) is 0.259.